The van der Waals surface area contributed by atoms with Crippen LogP contribution in [0.25, 0.3) is 0 Å². The zero-order chi connectivity index (χ0) is 11.4. The van der Waals surface area contributed by atoms with E-state index in [1.807, 2.05) is 7.05 Å². The van der Waals surface area contributed by atoms with E-state index in [4.69, 9.17) is 0 Å². The van der Waals surface area contributed by atoms with Gasteiger partial charge in [-0.25, -0.2) is 4.68 Å². The summed E-state index contributed by atoms with van der Waals surface area (Å²) in [6, 6.07) is 0. The van der Waals surface area contributed by atoms with Gasteiger partial charge in [0.1, 0.15) is 0 Å². The number of rotatable bonds is 4. The summed E-state index contributed by atoms with van der Waals surface area (Å²) in [5.74, 6) is 1.58. The van der Waals surface area contributed by atoms with Crippen molar-refractivity contribution in [3.8, 4) is 0 Å². The first-order valence-electron chi connectivity index (χ1n) is 5.99. The zero-order valence-electron chi connectivity index (χ0n) is 10.1. The van der Waals surface area contributed by atoms with E-state index in [1.54, 1.807) is 4.68 Å². The highest BCUT2D eigenvalue weighted by atomic mass is 15.6. The second kappa shape index (κ2) is 5.25. The number of anilines is 1. The minimum atomic E-state index is 0.713. The predicted octanol–water partition coefficient (Wildman–Crippen LogP) is 0.0360. The summed E-state index contributed by atoms with van der Waals surface area (Å²) in [7, 11) is 1.89. The molecule has 0 radical (unpaired) electrons. The zero-order valence-corrected chi connectivity index (χ0v) is 10.1. The maximum Gasteiger partial charge on any atom is 0.245 e. The molecule has 1 unspecified atom stereocenters. The highest BCUT2D eigenvalue weighted by Crippen LogP contribution is 2.15. The largest absolute Gasteiger partial charge is 0.340 e. The lowest BCUT2D eigenvalue weighted by Crippen LogP contribution is -2.39. The van der Waals surface area contributed by atoms with Crippen molar-refractivity contribution < 1.29 is 0 Å². The van der Waals surface area contributed by atoms with Crippen molar-refractivity contribution in [3.63, 3.8) is 0 Å². The van der Waals surface area contributed by atoms with Crippen LogP contribution < -0.4 is 10.2 Å². The van der Waals surface area contributed by atoms with Gasteiger partial charge in [-0.1, -0.05) is 5.10 Å². The van der Waals surface area contributed by atoms with Crippen LogP contribution in [-0.2, 0) is 7.05 Å². The van der Waals surface area contributed by atoms with E-state index in [-0.39, 0.29) is 0 Å². The molecule has 0 spiro atoms. The van der Waals surface area contributed by atoms with E-state index in [2.05, 4.69) is 32.7 Å². The molecule has 1 N–H and O–H groups in total. The molecule has 1 atom stereocenters. The molecule has 16 heavy (non-hydrogen) atoms. The fourth-order valence-electron chi connectivity index (χ4n) is 2.24. The molecule has 1 fully saturated rings. The van der Waals surface area contributed by atoms with Crippen LogP contribution in [0.2, 0.25) is 0 Å². The third kappa shape index (κ3) is 2.49. The Balaban J connectivity index is 1.97. The molecular weight excluding hydrogens is 204 g/mol. The first-order valence-corrected chi connectivity index (χ1v) is 5.99. The van der Waals surface area contributed by atoms with Crippen molar-refractivity contribution in [2.24, 2.45) is 13.0 Å². The third-order valence-electron chi connectivity index (χ3n) is 3.14. The van der Waals surface area contributed by atoms with Gasteiger partial charge in [-0.3, -0.25) is 0 Å². The molecule has 6 heteroatoms. The molecule has 0 aliphatic carbocycles. The Morgan fingerprint density at radius 2 is 2.44 bits per heavy atom. The fraction of sp³-hybridized carbons (Fsp3) is 0.900. The average Bonchev–Trinajstić information content (AvgIpc) is 2.74. The Morgan fingerprint density at radius 3 is 3.00 bits per heavy atom. The Labute approximate surface area is 96.0 Å². The van der Waals surface area contributed by atoms with Crippen molar-refractivity contribution in [1.82, 2.24) is 25.5 Å². The van der Waals surface area contributed by atoms with Gasteiger partial charge < -0.3 is 10.2 Å². The molecule has 2 heterocycles. The Morgan fingerprint density at radius 1 is 1.56 bits per heavy atom. The van der Waals surface area contributed by atoms with Crippen LogP contribution in [0.1, 0.15) is 19.8 Å². The molecule has 0 bridgehead atoms. The standard InChI is InChI=1S/C10H20N6/c1-3-16(10-12-13-14-15(10)2)8-9-5-4-6-11-7-9/h9,11H,3-8H2,1-2H3. The molecule has 0 amide bonds. The highest BCUT2D eigenvalue weighted by Gasteiger charge is 2.19. The van der Waals surface area contributed by atoms with E-state index in [1.165, 1.54) is 12.8 Å². The van der Waals surface area contributed by atoms with Crippen LogP contribution in [0.3, 0.4) is 0 Å². The fourth-order valence-corrected chi connectivity index (χ4v) is 2.24. The molecule has 90 valence electrons. The number of nitrogens with zero attached hydrogens (tertiary/aromatic N) is 5. The summed E-state index contributed by atoms with van der Waals surface area (Å²) in [6.45, 7) is 6.41. The smallest absolute Gasteiger partial charge is 0.245 e. The van der Waals surface area contributed by atoms with Gasteiger partial charge in [0.15, 0.2) is 0 Å². The van der Waals surface area contributed by atoms with Crippen LogP contribution in [0.15, 0.2) is 0 Å². The summed E-state index contributed by atoms with van der Waals surface area (Å²) < 4.78 is 1.74. The second-order valence-corrected chi connectivity index (χ2v) is 4.35. The number of aromatic nitrogens is 4. The molecule has 1 aliphatic heterocycles. The third-order valence-corrected chi connectivity index (χ3v) is 3.14. The maximum atomic E-state index is 4.06. The summed E-state index contributed by atoms with van der Waals surface area (Å²) in [5, 5.41) is 15.1. The van der Waals surface area contributed by atoms with E-state index >= 15 is 0 Å². The number of tetrazole rings is 1. The van der Waals surface area contributed by atoms with Gasteiger partial charge in [0.2, 0.25) is 5.95 Å². The Bertz CT molecular complexity index is 317. The van der Waals surface area contributed by atoms with E-state index in [0.29, 0.717) is 5.92 Å². The summed E-state index contributed by atoms with van der Waals surface area (Å²) >= 11 is 0. The number of aryl methyl sites for hydroxylation is 1. The maximum absolute atomic E-state index is 4.06. The average molecular weight is 224 g/mol. The number of nitrogens with one attached hydrogen (secondary N) is 1. The number of piperidine rings is 1. The predicted molar refractivity (Wildman–Crippen MR) is 62.3 cm³/mol. The quantitative estimate of drug-likeness (QED) is 0.782. The lowest BCUT2D eigenvalue weighted by atomic mass is 9.99. The number of hydrogen-bond donors (Lipinski definition) is 1. The van der Waals surface area contributed by atoms with Crippen LogP contribution in [0, 0.1) is 5.92 Å². The van der Waals surface area contributed by atoms with Gasteiger partial charge >= 0.3 is 0 Å². The van der Waals surface area contributed by atoms with Gasteiger partial charge in [0.05, 0.1) is 0 Å². The van der Waals surface area contributed by atoms with Crippen molar-refractivity contribution in [3.05, 3.63) is 0 Å². The molecule has 6 nitrogen and oxygen atoms in total. The summed E-state index contributed by atoms with van der Waals surface area (Å²) in [5.41, 5.74) is 0. The van der Waals surface area contributed by atoms with E-state index in [9.17, 15) is 0 Å². The minimum Gasteiger partial charge on any atom is -0.340 e. The molecule has 1 aliphatic rings. The molecule has 2 rings (SSSR count). The molecule has 1 saturated heterocycles. The van der Waals surface area contributed by atoms with E-state index in [0.717, 1.165) is 32.1 Å². The lowest BCUT2D eigenvalue weighted by Gasteiger charge is -2.29. The SMILES string of the molecule is CCN(CC1CCCNC1)c1nnnn1C. The summed E-state index contributed by atoms with van der Waals surface area (Å²) in [4.78, 5) is 2.25. The molecule has 1 aromatic heterocycles. The molecule has 0 saturated carbocycles. The van der Waals surface area contributed by atoms with Crippen LogP contribution in [-0.4, -0.2) is 46.4 Å². The number of hydrogen-bond acceptors (Lipinski definition) is 5. The first-order chi connectivity index (χ1) is 7.81. The molecular formula is C10H20N6. The Kier molecular flexibility index (Phi) is 3.71. The van der Waals surface area contributed by atoms with Gasteiger partial charge in [0.25, 0.3) is 0 Å². The first kappa shape index (κ1) is 11.3. The van der Waals surface area contributed by atoms with Crippen LogP contribution in [0.4, 0.5) is 5.95 Å². The summed E-state index contributed by atoms with van der Waals surface area (Å²) in [6.07, 6.45) is 2.58. The van der Waals surface area contributed by atoms with Crippen LogP contribution in [0.5, 0.6) is 0 Å². The van der Waals surface area contributed by atoms with Gasteiger partial charge in [-0.15, -0.1) is 0 Å². The molecule has 1 aromatic rings. The van der Waals surface area contributed by atoms with Gasteiger partial charge in [-0.05, 0) is 49.2 Å². The van der Waals surface area contributed by atoms with E-state index < -0.39 is 0 Å². The lowest BCUT2D eigenvalue weighted by molar-refractivity contribution is 0.375. The van der Waals surface area contributed by atoms with Crippen molar-refractivity contribution in [2.75, 3.05) is 31.1 Å². The topological polar surface area (TPSA) is 58.9 Å². The van der Waals surface area contributed by atoms with Gasteiger partial charge in [-0.2, -0.15) is 0 Å². The monoisotopic (exact) mass is 224 g/mol. The highest BCUT2D eigenvalue weighted by molar-refractivity contribution is 5.27. The second-order valence-electron chi connectivity index (χ2n) is 4.35. The molecule has 0 aromatic carbocycles. The minimum absolute atomic E-state index is 0.713. The van der Waals surface area contributed by atoms with Crippen LogP contribution >= 0.6 is 0 Å². The van der Waals surface area contributed by atoms with Crippen molar-refractivity contribution >= 4 is 5.95 Å². The Hall–Kier alpha value is -1.17. The normalized spacial score (nSPS) is 21.0. The van der Waals surface area contributed by atoms with Crippen molar-refractivity contribution in [1.29, 1.82) is 0 Å². The van der Waals surface area contributed by atoms with Crippen molar-refractivity contribution in [2.45, 2.75) is 19.8 Å². The van der Waals surface area contributed by atoms with Gasteiger partial charge in [0, 0.05) is 20.1 Å².